The highest BCUT2D eigenvalue weighted by Gasteiger charge is 2.33. The van der Waals surface area contributed by atoms with E-state index in [-0.39, 0.29) is 11.9 Å². The molecule has 0 aromatic heterocycles. The van der Waals surface area contributed by atoms with Crippen LogP contribution < -0.4 is 0 Å². The molecule has 6 nitrogen and oxygen atoms in total. The van der Waals surface area contributed by atoms with Crippen LogP contribution >= 0.6 is 0 Å². The predicted octanol–water partition coefficient (Wildman–Crippen LogP) is 3.28. The fourth-order valence-electron chi connectivity index (χ4n) is 4.65. The highest BCUT2D eigenvalue weighted by Crippen LogP contribution is 2.33. The summed E-state index contributed by atoms with van der Waals surface area (Å²) in [6.07, 6.45) is 2.02. The van der Waals surface area contributed by atoms with Crippen molar-refractivity contribution < 1.29 is 13.2 Å². The predicted molar refractivity (Wildman–Crippen MR) is 126 cm³/mol. The summed E-state index contributed by atoms with van der Waals surface area (Å²) in [7, 11) is -3.49. The highest BCUT2D eigenvalue weighted by molar-refractivity contribution is 7.89. The number of hydrogen-bond acceptors (Lipinski definition) is 4. The molecule has 2 aliphatic heterocycles. The van der Waals surface area contributed by atoms with Crippen molar-refractivity contribution in [3.8, 4) is 0 Å². The molecule has 2 fully saturated rings. The fourth-order valence-corrected chi connectivity index (χ4v) is 6.08. The molecule has 0 spiro atoms. The molecule has 1 amide bonds. The van der Waals surface area contributed by atoms with Crippen molar-refractivity contribution in [3.05, 3.63) is 64.7 Å². The molecule has 172 valence electrons. The molecule has 7 heteroatoms. The maximum atomic E-state index is 13.1. The van der Waals surface area contributed by atoms with Crippen LogP contribution in [0.25, 0.3) is 0 Å². The lowest BCUT2D eigenvalue weighted by Gasteiger charge is -2.35. The minimum Gasteiger partial charge on any atom is -0.335 e. The number of carbonyl (C=O) groups excluding carboxylic acids is 1. The fraction of sp³-hybridized carbons (Fsp3) is 0.480. The molecule has 32 heavy (non-hydrogen) atoms. The second-order valence-electron chi connectivity index (χ2n) is 9.08. The molecule has 1 unspecified atom stereocenters. The van der Waals surface area contributed by atoms with E-state index in [1.165, 1.54) is 21.0 Å². The second-order valence-corrected chi connectivity index (χ2v) is 11.0. The van der Waals surface area contributed by atoms with Crippen LogP contribution in [0.15, 0.2) is 47.4 Å². The Morgan fingerprint density at radius 2 is 1.59 bits per heavy atom. The quantitative estimate of drug-likeness (QED) is 0.694. The van der Waals surface area contributed by atoms with Crippen LogP contribution in [0, 0.1) is 20.8 Å². The Balaban J connectivity index is 1.36. The van der Waals surface area contributed by atoms with Gasteiger partial charge in [-0.25, -0.2) is 8.42 Å². The van der Waals surface area contributed by atoms with E-state index >= 15 is 0 Å². The van der Waals surface area contributed by atoms with E-state index in [4.69, 9.17) is 0 Å². The van der Waals surface area contributed by atoms with Crippen molar-refractivity contribution >= 4 is 15.9 Å². The summed E-state index contributed by atoms with van der Waals surface area (Å²) < 4.78 is 27.4. The van der Waals surface area contributed by atoms with Crippen LogP contribution in [0.1, 0.15) is 41.1 Å². The third-order valence-corrected chi connectivity index (χ3v) is 8.75. The van der Waals surface area contributed by atoms with Gasteiger partial charge in [0.25, 0.3) is 0 Å². The van der Waals surface area contributed by atoms with Crippen LogP contribution in [0.3, 0.4) is 0 Å². The van der Waals surface area contributed by atoms with Crippen LogP contribution in [-0.2, 0) is 14.8 Å². The van der Waals surface area contributed by atoms with Crippen LogP contribution in [-0.4, -0.2) is 67.7 Å². The minimum atomic E-state index is -3.49. The van der Waals surface area contributed by atoms with Gasteiger partial charge in [-0.2, -0.15) is 4.31 Å². The van der Waals surface area contributed by atoms with E-state index in [9.17, 15) is 13.2 Å². The van der Waals surface area contributed by atoms with Crippen molar-refractivity contribution in [2.45, 2.75) is 44.6 Å². The van der Waals surface area contributed by atoms with Gasteiger partial charge in [0, 0.05) is 32.7 Å². The third kappa shape index (κ3) is 4.75. The van der Waals surface area contributed by atoms with Gasteiger partial charge in [-0.3, -0.25) is 9.69 Å². The molecule has 2 heterocycles. The van der Waals surface area contributed by atoms with Gasteiger partial charge in [0.05, 0.1) is 17.5 Å². The largest absolute Gasteiger partial charge is 0.335 e. The lowest BCUT2D eigenvalue weighted by atomic mass is 9.99. The number of nitrogens with zero attached hydrogens (tertiary/aromatic N) is 3. The average Bonchev–Trinajstić information content (AvgIpc) is 3.26. The first-order valence-electron chi connectivity index (χ1n) is 11.4. The maximum absolute atomic E-state index is 13.1. The third-order valence-electron chi connectivity index (χ3n) is 6.84. The number of hydrogen-bond donors (Lipinski definition) is 0. The van der Waals surface area contributed by atoms with E-state index in [0.717, 1.165) is 24.9 Å². The zero-order valence-electron chi connectivity index (χ0n) is 19.3. The van der Waals surface area contributed by atoms with Crippen molar-refractivity contribution in [3.63, 3.8) is 0 Å². The maximum Gasteiger partial charge on any atom is 0.243 e. The summed E-state index contributed by atoms with van der Waals surface area (Å²) >= 11 is 0. The molecule has 1 atom stereocenters. The summed E-state index contributed by atoms with van der Waals surface area (Å²) in [6, 6.07) is 13.6. The number of sulfonamides is 1. The number of amides is 1. The van der Waals surface area contributed by atoms with E-state index in [1.807, 2.05) is 24.0 Å². The number of rotatable bonds is 5. The Kier molecular flexibility index (Phi) is 6.70. The van der Waals surface area contributed by atoms with E-state index in [1.54, 1.807) is 12.1 Å². The van der Waals surface area contributed by atoms with Gasteiger partial charge in [0.1, 0.15) is 0 Å². The first kappa shape index (κ1) is 23.0. The number of carbonyl (C=O) groups is 1. The lowest BCUT2D eigenvalue weighted by molar-refractivity contribution is -0.133. The van der Waals surface area contributed by atoms with Crippen LogP contribution in [0.2, 0.25) is 0 Å². The Bertz CT molecular complexity index is 1070. The Labute approximate surface area is 191 Å². The monoisotopic (exact) mass is 455 g/mol. The Hall–Kier alpha value is -2.22. The summed E-state index contributed by atoms with van der Waals surface area (Å²) in [5, 5.41) is 0. The summed E-state index contributed by atoms with van der Waals surface area (Å²) in [4.78, 5) is 17.6. The smallest absolute Gasteiger partial charge is 0.243 e. The topological polar surface area (TPSA) is 60.9 Å². The highest BCUT2D eigenvalue weighted by atomic mass is 32.2. The first-order chi connectivity index (χ1) is 15.3. The SMILES string of the molecule is Cc1ccc(S(=O)(=O)N2CCN(CC(=O)N3CCCC3c3ccc(C)c(C)c3)CC2)cc1. The van der Waals surface area contributed by atoms with E-state index < -0.39 is 10.0 Å². The molecule has 0 N–H and O–H groups in total. The van der Waals surface area contributed by atoms with Gasteiger partial charge in [0.2, 0.25) is 15.9 Å². The number of piperazine rings is 1. The first-order valence-corrected chi connectivity index (χ1v) is 12.9. The van der Waals surface area contributed by atoms with Gasteiger partial charge in [-0.05, 0) is 62.4 Å². The van der Waals surface area contributed by atoms with Crippen molar-refractivity contribution in [2.75, 3.05) is 39.3 Å². The zero-order chi connectivity index (χ0) is 22.9. The molecule has 0 bridgehead atoms. The molecule has 2 saturated heterocycles. The summed E-state index contributed by atoms with van der Waals surface area (Å²) in [5.41, 5.74) is 4.78. The Morgan fingerprint density at radius 3 is 2.25 bits per heavy atom. The summed E-state index contributed by atoms with van der Waals surface area (Å²) in [5.74, 6) is 0.139. The van der Waals surface area contributed by atoms with Crippen molar-refractivity contribution in [2.24, 2.45) is 0 Å². The molecule has 2 aromatic rings. The average molecular weight is 456 g/mol. The molecular weight excluding hydrogens is 422 g/mol. The minimum absolute atomic E-state index is 0.139. The lowest BCUT2D eigenvalue weighted by Crippen LogP contribution is -2.51. The normalized spacial score (nSPS) is 20.6. The van der Waals surface area contributed by atoms with Crippen LogP contribution in [0.5, 0.6) is 0 Å². The second kappa shape index (κ2) is 9.33. The Morgan fingerprint density at radius 1 is 0.906 bits per heavy atom. The molecule has 0 radical (unpaired) electrons. The molecule has 2 aliphatic rings. The van der Waals surface area contributed by atoms with Crippen molar-refractivity contribution in [1.29, 1.82) is 0 Å². The molecule has 0 saturated carbocycles. The van der Waals surface area contributed by atoms with Crippen molar-refractivity contribution in [1.82, 2.24) is 14.1 Å². The molecule has 4 rings (SSSR count). The molecule has 2 aromatic carbocycles. The van der Waals surface area contributed by atoms with E-state index in [0.29, 0.717) is 37.6 Å². The van der Waals surface area contributed by atoms with Gasteiger partial charge >= 0.3 is 0 Å². The van der Waals surface area contributed by atoms with E-state index in [2.05, 4.69) is 36.9 Å². The number of likely N-dealkylation sites (tertiary alicyclic amines) is 1. The zero-order valence-corrected chi connectivity index (χ0v) is 20.1. The van der Waals surface area contributed by atoms with Gasteiger partial charge in [-0.15, -0.1) is 0 Å². The molecule has 0 aliphatic carbocycles. The van der Waals surface area contributed by atoms with Crippen LogP contribution in [0.4, 0.5) is 0 Å². The van der Waals surface area contributed by atoms with Gasteiger partial charge in [-0.1, -0.05) is 35.9 Å². The summed E-state index contributed by atoms with van der Waals surface area (Å²) in [6.45, 7) is 9.25. The molecular formula is C25H33N3O3S. The number of benzene rings is 2. The standard InChI is InChI=1S/C25H33N3O3S/c1-19-6-10-23(11-7-19)32(30,31)27-15-13-26(14-16-27)18-25(29)28-12-4-5-24(28)22-9-8-20(2)21(3)17-22/h6-11,17,24H,4-5,12-16,18H2,1-3H3. The number of aryl methyl sites for hydroxylation is 3. The van der Waals surface area contributed by atoms with Gasteiger partial charge in [0.15, 0.2) is 0 Å². The van der Waals surface area contributed by atoms with Gasteiger partial charge < -0.3 is 4.90 Å².